The third-order valence-corrected chi connectivity index (χ3v) is 12.2. The monoisotopic (exact) mass is 696 g/mol. The molecule has 10 aromatic rings. The molecule has 4 nitrogen and oxygen atoms in total. The Hall–Kier alpha value is -6.43. The van der Waals surface area contributed by atoms with Crippen LogP contribution in [0.2, 0.25) is 0 Å². The van der Waals surface area contributed by atoms with E-state index in [1.54, 1.807) is 11.3 Å². The highest BCUT2D eigenvalue weighted by atomic mass is 32.1. The molecule has 5 heteroatoms. The molecule has 11 rings (SSSR count). The van der Waals surface area contributed by atoms with Gasteiger partial charge in [-0.15, -0.1) is 11.3 Å². The van der Waals surface area contributed by atoms with Gasteiger partial charge in [-0.25, -0.2) is 15.0 Å². The van der Waals surface area contributed by atoms with E-state index in [9.17, 15) is 0 Å². The molecule has 0 fully saturated rings. The third-order valence-electron chi connectivity index (χ3n) is 11.0. The minimum atomic E-state index is -0.139. The van der Waals surface area contributed by atoms with Gasteiger partial charge in [-0.2, -0.15) is 0 Å². The Balaban J connectivity index is 1.22. The number of benzene rings is 7. The maximum Gasteiger partial charge on any atom is 0.165 e. The zero-order valence-electron chi connectivity index (χ0n) is 29.2. The molecule has 0 bridgehead atoms. The minimum absolute atomic E-state index is 0.139. The molecule has 0 amide bonds. The molecule has 0 radical (unpaired) electrons. The fourth-order valence-electron chi connectivity index (χ4n) is 8.69. The molecular formula is C48H32N4S. The summed E-state index contributed by atoms with van der Waals surface area (Å²) in [4.78, 5) is 15.3. The Labute approximate surface area is 310 Å². The van der Waals surface area contributed by atoms with Crippen LogP contribution in [-0.4, -0.2) is 19.5 Å². The third kappa shape index (κ3) is 4.38. The van der Waals surface area contributed by atoms with Gasteiger partial charge in [0.1, 0.15) is 0 Å². The van der Waals surface area contributed by atoms with Crippen LogP contribution in [0.5, 0.6) is 0 Å². The number of hydrogen-bond acceptors (Lipinski definition) is 4. The van der Waals surface area contributed by atoms with Gasteiger partial charge >= 0.3 is 0 Å². The predicted molar refractivity (Wildman–Crippen MR) is 221 cm³/mol. The Morgan fingerprint density at radius 1 is 0.472 bits per heavy atom. The van der Waals surface area contributed by atoms with Crippen LogP contribution >= 0.6 is 11.3 Å². The molecule has 3 heterocycles. The maximum atomic E-state index is 5.16. The molecule has 0 aliphatic heterocycles. The summed E-state index contributed by atoms with van der Waals surface area (Å²) in [5.41, 5.74) is 11.8. The quantitative estimate of drug-likeness (QED) is 0.184. The smallest absolute Gasteiger partial charge is 0.165 e. The Morgan fingerprint density at radius 3 is 1.83 bits per heavy atom. The lowest BCUT2D eigenvalue weighted by Crippen LogP contribution is -2.15. The zero-order valence-corrected chi connectivity index (χ0v) is 30.0. The molecular weight excluding hydrogens is 665 g/mol. The average molecular weight is 697 g/mol. The lowest BCUT2D eigenvalue weighted by atomic mass is 9.80. The van der Waals surface area contributed by atoms with Crippen molar-refractivity contribution < 1.29 is 0 Å². The molecule has 0 atom stereocenters. The van der Waals surface area contributed by atoms with Crippen LogP contribution in [0.4, 0.5) is 0 Å². The molecule has 7 aromatic carbocycles. The van der Waals surface area contributed by atoms with Gasteiger partial charge < -0.3 is 4.57 Å². The summed E-state index contributed by atoms with van der Waals surface area (Å²) in [6.45, 7) is 4.76. The average Bonchev–Trinajstić information content (AvgIpc) is 3.84. The fraction of sp³-hybridized carbons (Fsp3) is 0.0625. The molecule has 250 valence electrons. The van der Waals surface area contributed by atoms with E-state index in [1.165, 1.54) is 59.5 Å². The van der Waals surface area contributed by atoms with Crippen molar-refractivity contribution in [2.75, 3.05) is 0 Å². The van der Waals surface area contributed by atoms with Crippen molar-refractivity contribution >= 4 is 53.3 Å². The van der Waals surface area contributed by atoms with E-state index in [0.29, 0.717) is 17.5 Å². The van der Waals surface area contributed by atoms with E-state index in [2.05, 4.69) is 140 Å². The van der Waals surface area contributed by atoms with Crippen LogP contribution in [0.15, 0.2) is 158 Å². The first kappa shape index (κ1) is 30.2. The first-order chi connectivity index (χ1) is 26.1. The van der Waals surface area contributed by atoms with Gasteiger partial charge in [-0.1, -0.05) is 141 Å². The number of hydrogen-bond donors (Lipinski definition) is 0. The van der Waals surface area contributed by atoms with E-state index in [4.69, 9.17) is 15.0 Å². The Bertz CT molecular complexity index is 3020. The Morgan fingerprint density at radius 2 is 1.08 bits per heavy atom. The van der Waals surface area contributed by atoms with Crippen molar-refractivity contribution in [2.24, 2.45) is 0 Å². The highest BCUT2D eigenvalue weighted by Crippen LogP contribution is 2.54. The van der Waals surface area contributed by atoms with Gasteiger partial charge in [0.15, 0.2) is 17.5 Å². The molecule has 1 aliphatic rings. The van der Waals surface area contributed by atoms with Gasteiger partial charge in [-0.05, 0) is 52.6 Å². The van der Waals surface area contributed by atoms with E-state index in [1.807, 2.05) is 36.4 Å². The summed E-state index contributed by atoms with van der Waals surface area (Å²) < 4.78 is 4.89. The predicted octanol–water partition coefficient (Wildman–Crippen LogP) is 12.6. The number of rotatable bonds is 4. The van der Waals surface area contributed by atoms with Gasteiger partial charge in [0.05, 0.1) is 16.7 Å². The summed E-state index contributed by atoms with van der Waals surface area (Å²) in [5, 5.41) is 5.03. The second kappa shape index (κ2) is 11.3. The van der Waals surface area contributed by atoms with Crippen molar-refractivity contribution in [1.82, 2.24) is 19.5 Å². The molecule has 0 saturated heterocycles. The number of para-hydroxylation sites is 1. The number of nitrogens with zero attached hydrogens (tertiary/aromatic N) is 4. The summed E-state index contributed by atoms with van der Waals surface area (Å²) >= 11 is 1.81. The normalized spacial score (nSPS) is 13.2. The maximum absolute atomic E-state index is 5.16. The summed E-state index contributed by atoms with van der Waals surface area (Å²) in [6.07, 6.45) is 0. The van der Waals surface area contributed by atoms with Crippen molar-refractivity contribution in [3.63, 3.8) is 0 Å². The van der Waals surface area contributed by atoms with E-state index in [0.717, 1.165) is 27.1 Å². The molecule has 1 aliphatic carbocycles. The minimum Gasteiger partial charge on any atom is -0.309 e. The lowest BCUT2D eigenvalue weighted by Gasteiger charge is -2.22. The highest BCUT2D eigenvalue weighted by molar-refractivity contribution is 7.26. The van der Waals surface area contributed by atoms with Gasteiger partial charge in [0.25, 0.3) is 0 Å². The Kier molecular flexibility index (Phi) is 6.43. The standard InChI is InChI=1S/C48H32N4S/c1-48(2)36-22-12-9-19-31(36)32-25-27-38-41(43(32)48)33-20-10-13-23-37(33)52(38)39-28-26-35(44-42(39)34-21-11-14-24-40(34)53-44)47-50-45(29-15-5-3-6-16-29)49-46(51-47)30-17-7-4-8-18-30/h3-28H,1-2H3. The van der Waals surface area contributed by atoms with Crippen LogP contribution in [0, 0.1) is 0 Å². The molecule has 0 N–H and O–H groups in total. The highest BCUT2D eigenvalue weighted by Gasteiger charge is 2.38. The summed E-state index contributed by atoms with van der Waals surface area (Å²) in [7, 11) is 0. The SMILES string of the molecule is CC1(C)c2ccccc2-c2ccc3c(c21)c1ccccc1n3-c1ccc(-c2nc(-c3ccccc3)nc(-c3ccccc3)n2)c2sc3ccccc3c12. The van der Waals surface area contributed by atoms with Crippen LogP contribution < -0.4 is 0 Å². The largest absolute Gasteiger partial charge is 0.309 e. The van der Waals surface area contributed by atoms with Crippen LogP contribution in [-0.2, 0) is 5.41 Å². The molecule has 53 heavy (non-hydrogen) atoms. The number of aromatic nitrogens is 4. The van der Waals surface area contributed by atoms with Crippen molar-refractivity contribution in [3.8, 4) is 51.0 Å². The van der Waals surface area contributed by atoms with Crippen LogP contribution in [0.1, 0.15) is 25.0 Å². The fourth-order valence-corrected chi connectivity index (χ4v) is 9.93. The first-order valence-electron chi connectivity index (χ1n) is 18.0. The van der Waals surface area contributed by atoms with Crippen molar-refractivity contribution in [3.05, 3.63) is 169 Å². The van der Waals surface area contributed by atoms with Crippen LogP contribution in [0.3, 0.4) is 0 Å². The van der Waals surface area contributed by atoms with E-state index >= 15 is 0 Å². The number of fused-ring (bicyclic) bond motifs is 10. The molecule has 3 aromatic heterocycles. The van der Waals surface area contributed by atoms with Gasteiger partial charge in [-0.3, -0.25) is 0 Å². The topological polar surface area (TPSA) is 43.6 Å². The van der Waals surface area contributed by atoms with E-state index < -0.39 is 0 Å². The molecule has 0 unspecified atom stereocenters. The second-order valence-corrected chi connectivity index (χ2v) is 15.4. The second-order valence-electron chi connectivity index (χ2n) is 14.4. The van der Waals surface area contributed by atoms with Gasteiger partial charge in [0.2, 0.25) is 0 Å². The van der Waals surface area contributed by atoms with Crippen molar-refractivity contribution in [2.45, 2.75) is 19.3 Å². The summed E-state index contributed by atoms with van der Waals surface area (Å²) in [5.74, 6) is 1.99. The lowest BCUT2D eigenvalue weighted by molar-refractivity contribution is 0.666. The molecule has 0 spiro atoms. The molecule has 0 saturated carbocycles. The zero-order chi connectivity index (χ0) is 35.3. The number of thiophene rings is 1. The summed E-state index contributed by atoms with van der Waals surface area (Å²) in [6, 6.07) is 56.2. The van der Waals surface area contributed by atoms with E-state index in [-0.39, 0.29) is 5.41 Å². The van der Waals surface area contributed by atoms with Crippen molar-refractivity contribution in [1.29, 1.82) is 0 Å². The first-order valence-corrected chi connectivity index (χ1v) is 18.9. The van der Waals surface area contributed by atoms with Gasteiger partial charge in [0, 0.05) is 53.1 Å². The van der Waals surface area contributed by atoms with Crippen LogP contribution in [0.25, 0.3) is 93.0 Å².